The Bertz CT molecular complexity index is 446. The first-order chi connectivity index (χ1) is 7.33. The molecule has 0 spiro atoms. The van der Waals surface area contributed by atoms with Crippen LogP contribution in [0.5, 0.6) is 0 Å². The maximum absolute atomic E-state index is 4.37. The van der Waals surface area contributed by atoms with Gasteiger partial charge in [-0.2, -0.15) is 0 Å². The van der Waals surface area contributed by atoms with Gasteiger partial charge < -0.3 is 0 Å². The first-order valence-corrected chi connectivity index (χ1v) is 5.24. The van der Waals surface area contributed by atoms with Crippen molar-refractivity contribution < 1.29 is 0 Å². The standard InChI is InChI=1S/C14H14N/c1-3-12-11(2)7-6-8-13(12)14-9-4-5-10-15-14/h4-7,9-10H,3H2,1-2H3. The van der Waals surface area contributed by atoms with Crippen LogP contribution in [-0.4, -0.2) is 4.98 Å². The summed E-state index contributed by atoms with van der Waals surface area (Å²) >= 11 is 0. The van der Waals surface area contributed by atoms with E-state index in [2.05, 4.69) is 31.0 Å². The third kappa shape index (κ3) is 1.91. The molecule has 0 aliphatic heterocycles. The molecule has 1 aromatic heterocycles. The summed E-state index contributed by atoms with van der Waals surface area (Å²) in [5.41, 5.74) is 4.81. The van der Waals surface area contributed by atoms with E-state index in [1.807, 2.05) is 30.5 Å². The Balaban J connectivity index is 2.58. The normalized spacial score (nSPS) is 10.3. The van der Waals surface area contributed by atoms with Gasteiger partial charge in [0.25, 0.3) is 0 Å². The quantitative estimate of drug-likeness (QED) is 0.717. The molecule has 2 aromatic rings. The van der Waals surface area contributed by atoms with Gasteiger partial charge in [-0.15, -0.1) is 0 Å². The number of hydrogen-bond donors (Lipinski definition) is 0. The first kappa shape index (κ1) is 9.91. The van der Waals surface area contributed by atoms with Crippen molar-refractivity contribution >= 4 is 0 Å². The molecule has 1 radical (unpaired) electrons. The van der Waals surface area contributed by atoms with Crippen molar-refractivity contribution in [1.82, 2.24) is 4.98 Å². The molecule has 0 bridgehead atoms. The Labute approximate surface area is 90.8 Å². The van der Waals surface area contributed by atoms with Gasteiger partial charge in [-0.3, -0.25) is 4.98 Å². The molecule has 2 rings (SSSR count). The topological polar surface area (TPSA) is 12.9 Å². The van der Waals surface area contributed by atoms with E-state index in [1.54, 1.807) is 0 Å². The van der Waals surface area contributed by atoms with Crippen LogP contribution < -0.4 is 0 Å². The maximum atomic E-state index is 4.37. The van der Waals surface area contributed by atoms with Crippen LogP contribution in [0.1, 0.15) is 18.1 Å². The zero-order valence-electron chi connectivity index (χ0n) is 9.12. The van der Waals surface area contributed by atoms with Crippen LogP contribution in [0.3, 0.4) is 0 Å². The van der Waals surface area contributed by atoms with Crippen LogP contribution in [0.15, 0.2) is 36.5 Å². The summed E-state index contributed by atoms with van der Waals surface area (Å²) in [6.45, 7) is 4.31. The second-order valence-electron chi connectivity index (χ2n) is 3.58. The largest absolute Gasteiger partial charge is 0.256 e. The summed E-state index contributed by atoms with van der Waals surface area (Å²) in [5.74, 6) is 0. The van der Waals surface area contributed by atoms with E-state index >= 15 is 0 Å². The van der Waals surface area contributed by atoms with Crippen molar-refractivity contribution in [3.63, 3.8) is 0 Å². The molecule has 1 heterocycles. The molecule has 0 amide bonds. The molecule has 0 N–H and O–H groups in total. The molecule has 1 heteroatoms. The van der Waals surface area contributed by atoms with E-state index < -0.39 is 0 Å². The lowest BCUT2D eigenvalue weighted by Crippen LogP contribution is -1.93. The lowest BCUT2D eigenvalue weighted by molar-refractivity contribution is 1.10. The highest BCUT2D eigenvalue weighted by molar-refractivity contribution is 5.64. The summed E-state index contributed by atoms with van der Waals surface area (Å²) < 4.78 is 0. The zero-order valence-corrected chi connectivity index (χ0v) is 9.12. The van der Waals surface area contributed by atoms with Crippen LogP contribution in [0.2, 0.25) is 0 Å². The third-order valence-corrected chi connectivity index (χ3v) is 2.61. The number of pyridine rings is 1. The lowest BCUT2D eigenvalue weighted by Gasteiger charge is -2.09. The van der Waals surface area contributed by atoms with Crippen molar-refractivity contribution in [2.75, 3.05) is 0 Å². The van der Waals surface area contributed by atoms with Gasteiger partial charge >= 0.3 is 0 Å². The van der Waals surface area contributed by atoms with Crippen LogP contribution in [0.4, 0.5) is 0 Å². The minimum Gasteiger partial charge on any atom is -0.256 e. The zero-order chi connectivity index (χ0) is 10.7. The number of aromatic nitrogens is 1. The van der Waals surface area contributed by atoms with E-state index in [0.717, 1.165) is 17.7 Å². The number of rotatable bonds is 2. The summed E-state index contributed by atoms with van der Waals surface area (Å²) in [7, 11) is 0. The monoisotopic (exact) mass is 196 g/mol. The Morgan fingerprint density at radius 3 is 2.80 bits per heavy atom. The average molecular weight is 196 g/mol. The summed E-state index contributed by atoms with van der Waals surface area (Å²) in [4.78, 5) is 4.37. The number of nitrogens with zero attached hydrogens (tertiary/aromatic N) is 1. The molecule has 0 atom stereocenters. The second kappa shape index (κ2) is 4.26. The van der Waals surface area contributed by atoms with E-state index in [0.29, 0.717) is 0 Å². The molecule has 0 saturated carbocycles. The first-order valence-electron chi connectivity index (χ1n) is 5.24. The fraction of sp³-hybridized carbons (Fsp3) is 0.214. The molecule has 75 valence electrons. The summed E-state index contributed by atoms with van der Waals surface area (Å²) in [6, 6.07) is 13.3. The predicted octanol–water partition coefficient (Wildman–Crippen LogP) is 3.42. The SMILES string of the molecule is CCc1c(-c2ccccn2)[c]ccc1C. The number of hydrogen-bond acceptors (Lipinski definition) is 1. The molecule has 0 saturated heterocycles. The van der Waals surface area contributed by atoms with Gasteiger partial charge in [-0.25, -0.2) is 0 Å². The van der Waals surface area contributed by atoms with Crippen molar-refractivity contribution in [3.8, 4) is 11.3 Å². The van der Waals surface area contributed by atoms with Crippen LogP contribution in [0.25, 0.3) is 11.3 Å². The fourth-order valence-corrected chi connectivity index (χ4v) is 1.83. The number of aryl methyl sites for hydroxylation is 1. The van der Waals surface area contributed by atoms with Gasteiger partial charge in [0.05, 0.1) is 5.69 Å². The highest BCUT2D eigenvalue weighted by atomic mass is 14.7. The van der Waals surface area contributed by atoms with Crippen LogP contribution in [0, 0.1) is 13.0 Å². The van der Waals surface area contributed by atoms with Crippen molar-refractivity contribution in [2.45, 2.75) is 20.3 Å². The smallest absolute Gasteiger partial charge is 0.0711 e. The minimum atomic E-state index is 1.01. The Kier molecular flexibility index (Phi) is 2.82. The van der Waals surface area contributed by atoms with Crippen LogP contribution >= 0.6 is 0 Å². The van der Waals surface area contributed by atoms with Gasteiger partial charge in [0.1, 0.15) is 0 Å². The maximum Gasteiger partial charge on any atom is 0.0711 e. The van der Waals surface area contributed by atoms with Crippen molar-refractivity contribution in [2.24, 2.45) is 0 Å². The molecule has 1 aromatic carbocycles. The molecule has 1 nitrogen and oxygen atoms in total. The van der Waals surface area contributed by atoms with E-state index in [4.69, 9.17) is 0 Å². The van der Waals surface area contributed by atoms with Gasteiger partial charge in [0.15, 0.2) is 0 Å². The molecule has 0 aliphatic carbocycles. The Hall–Kier alpha value is -1.63. The average Bonchev–Trinajstić information content (AvgIpc) is 2.30. The Morgan fingerprint density at radius 1 is 1.27 bits per heavy atom. The highest BCUT2D eigenvalue weighted by Crippen LogP contribution is 2.23. The molecule has 0 aliphatic rings. The molecular formula is C14H14N. The van der Waals surface area contributed by atoms with Crippen molar-refractivity contribution in [1.29, 1.82) is 0 Å². The molecule has 0 unspecified atom stereocenters. The van der Waals surface area contributed by atoms with Gasteiger partial charge in [-0.05, 0) is 42.7 Å². The highest BCUT2D eigenvalue weighted by Gasteiger charge is 2.06. The lowest BCUT2D eigenvalue weighted by atomic mass is 9.97. The fourth-order valence-electron chi connectivity index (χ4n) is 1.83. The van der Waals surface area contributed by atoms with E-state index in [9.17, 15) is 0 Å². The second-order valence-corrected chi connectivity index (χ2v) is 3.58. The summed E-state index contributed by atoms with van der Waals surface area (Å²) in [5, 5.41) is 0. The van der Waals surface area contributed by atoms with E-state index in [-0.39, 0.29) is 0 Å². The summed E-state index contributed by atoms with van der Waals surface area (Å²) in [6.07, 6.45) is 2.85. The third-order valence-electron chi connectivity index (χ3n) is 2.61. The van der Waals surface area contributed by atoms with E-state index in [1.165, 1.54) is 11.1 Å². The number of benzene rings is 1. The van der Waals surface area contributed by atoms with Crippen molar-refractivity contribution in [3.05, 3.63) is 53.7 Å². The molecule has 0 fully saturated rings. The van der Waals surface area contributed by atoms with Gasteiger partial charge in [0.2, 0.25) is 0 Å². The van der Waals surface area contributed by atoms with Gasteiger partial charge in [-0.1, -0.05) is 25.1 Å². The Morgan fingerprint density at radius 2 is 2.13 bits per heavy atom. The molecular weight excluding hydrogens is 182 g/mol. The van der Waals surface area contributed by atoms with Crippen LogP contribution in [-0.2, 0) is 6.42 Å². The molecule has 15 heavy (non-hydrogen) atoms. The van der Waals surface area contributed by atoms with Gasteiger partial charge in [0, 0.05) is 11.8 Å². The predicted molar refractivity (Wildman–Crippen MR) is 62.6 cm³/mol. The minimum absolute atomic E-state index is 1.01.